The van der Waals surface area contributed by atoms with Gasteiger partial charge in [0.05, 0.1) is 13.0 Å². The summed E-state index contributed by atoms with van der Waals surface area (Å²) in [5, 5.41) is 10.1. The Bertz CT molecular complexity index is 992. The molecule has 1 N–H and O–H groups in total. The van der Waals surface area contributed by atoms with Gasteiger partial charge in [0.25, 0.3) is 5.91 Å². The Hall–Kier alpha value is -2.42. The molecule has 3 atom stereocenters. The highest BCUT2D eigenvalue weighted by atomic mass is 19.4. The molecule has 2 heterocycles. The Morgan fingerprint density at radius 2 is 1.60 bits per heavy atom. The summed E-state index contributed by atoms with van der Waals surface area (Å²) in [4.78, 5) is 17.9. The maximum atomic E-state index is 12.8. The number of rotatable bonds is 6. The van der Waals surface area contributed by atoms with Gasteiger partial charge < -0.3 is 14.9 Å². The van der Waals surface area contributed by atoms with Crippen LogP contribution in [-0.4, -0.2) is 90.9 Å². The van der Waals surface area contributed by atoms with Gasteiger partial charge in [-0.3, -0.25) is 9.69 Å². The van der Waals surface area contributed by atoms with E-state index in [9.17, 15) is 23.1 Å². The van der Waals surface area contributed by atoms with E-state index in [2.05, 4.69) is 17.0 Å². The zero-order chi connectivity index (χ0) is 25.2. The molecule has 0 radical (unpaired) electrons. The molecular weight excluding hydrogens is 455 g/mol. The largest absolute Gasteiger partial charge is 0.395 e. The first-order valence-corrected chi connectivity index (χ1v) is 12.3. The summed E-state index contributed by atoms with van der Waals surface area (Å²) in [6, 6.07) is 15.8. The van der Waals surface area contributed by atoms with Gasteiger partial charge in [-0.05, 0) is 54.8 Å². The van der Waals surface area contributed by atoms with Crippen molar-refractivity contribution in [3.8, 4) is 11.1 Å². The number of halogens is 3. The average molecular weight is 490 g/mol. The normalized spacial score (nSPS) is 23.7. The highest BCUT2D eigenvalue weighted by Gasteiger charge is 2.49. The number of aliphatic hydroxyl groups excluding tert-OH is 1. The molecule has 0 bridgehead atoms. The molecule has 0 unspecified atom stereocenters. The highest BCUT2D eigenvalue weighted by Crippen LogP contribution is 2.42. The van der Waals surface area contributed by atoms with Crippen LogP contribution in [0.4, 0.5) is 13.2 Å². The Labute approximate surface area is 205 Å². The zero-order valence-corrected chi connectivity index (χ0v) is 20.3. The standard InChI is InChI=1S/C27H34F3N3O2/c1-31(2)26(35)22-11-7-20(8-12-22)19-5-9-21(10-6-19)25-23-17-32(16-13-27(28,29)30)14-3-4-15-33(23)24(25)18-34/h5-12,23-25,34H,3-4,13-18H2,1-2H3/t23-,24-,25+/m1/s1. The van der Waals surface area contributed by atoms with Gasteiger partial charge in [-0.15, -0.1) is 0 Å². The van der Waals surface area contributed by atoms with E-state index >= 15 is 0 Å². The second-order valence-electron chi connectivity index (χ2n) is 9.85. The summed E-state index contributed by atoms with van der Waals surface area (Å²) in [6.07, 6.45) is -3.14. The maximum absolute atomic E-state index is 12.8. The first kappa shape index (κ1) is 25.7. The predicted molar refractivity (Wildman–Crippen MR) is 130 cm³/mol. The van der Waals surface area contributed by atoms with Crippen LogP contribution in [0, 0.1) is 0 Å². The van der Waals surface area contributed by atoms with E-state index < -0.39 is 12.6 Å². The summed E-state index contributed by atoms with van der Waals surface area (Å²) in [5.41, 5.74) is 3.77. The number of alkyl halides is 3. The van der Waals surface area contributed by atoms with E-state index in [0.717, 1.165) is 36.1 Å². The fraction of sp³-hybridized carbons (Fsp3) is 0.519. The average Bonchev–Trinajstić information content (AvgIpc) is 2.82. The van der Waals surface area contributed by atoms with Gasteiger partial charge >= 0.3 is 6.18 Å². The van der Waals surface area contributed by atoms with Gasteiger partial charge in [0.15, 0.2) is 0 Å². The topological polar surface area (TPSA) is 47.0 Å². The second kappa shape index (κ2) is 10.7. The summed E-state index contributed by atoms with van der Waals surface area (Å²) >= 11 is 0. The molecule has 0 aromatic heterocycles. The van der Waals surface area contributed by atoms with Crippen molar-refractivity contribution < 1.29 is 23.1 Å². The number of fused-ring (bicyclic) bond motifs is 1. The molecule has 8 heteroatoms. The third-order valence-corrected chi connectivity index (χ3v) is 7.33. The van der Waals surface area contributed by atoms with Gasteiger partial charge in [-0.25, -0.2) is 0 Å². The van der Waals surface area contributed by atoms with Gasteiger partial charge in [0, 0.05) is 50.7 Å². The van der Waals surface area contributed by atoms with Gasteiger partial charge in [0.2, 0.25) is 0 Å². The number of benzene rings is 2. The van der Waals surface area contributed by atoms with Crippen molar-refractivity contribution in [2.45, 2.75) is 43.4 Å². The van der Waals surface area contributed by atoms with Crippen molar-refractivity contribution in [2.24, 2.45) is 0 Å². The Balaban J connectivity index is 1.49. The van der Waals surface area contributed by atoms with E-state index in [4.69, 9.17) is 0 Å². The lowest BCUT2D eigenvalue weighted by molar-refractivity contribution is -0.140. The summed E-state index contributed by atoms with van der Waals surface area (Å²) in [7, 11) is 3.45. The third-order valence-electron chi connectivity index (χ3n) is 7.33. The Morgan fingerprint density at radius 1 is 1.00 bits per heavy atom. The molecule has 2 aromatic rings. The van der Waals surface area contributed by atoms with Crippen LogP contribution >= 0.6 is 0 Å². The van der Waals surface area contributed by atoms with Crippen LogP contribution in [0.15, 0.2) is 48.5 Å². The van der Waals surface area contributed by atoms with Crippen LogP contribution < -0.4 is 0 Å². The van der Waals surface area contributed by atoms with Gasteiger partial charge in [0.1, 0.15) is 0 Å². The van der Waals surface area contributed by atoms with E-state index in [1.807, 2.05) is 41.3 Å². The van der Waals surface area contributed by atoms with Crippen molar-refractivity contribution >= 4 is 5.91 Å². The van der Waals surface area contributed by atoms with Crippen LogP contribution in [0.2, 0.25) is 0 Å². The number of carbonyl (C=O) groups excluding carboxylic acids is 1. The third kappa shape index (κ3) is 5.88. The minimum Gasteiger partial charge on any atom is -0.395 e. The van der Waals surface area contributed by atoms with Crippen LogP contribution in [0.1, 0.15) is 41.1 Å². The smallest absolute Gasteiger partial charge is 0.390 e. The Kier molecular flexibility index (Phi) is 7.83. The number of hydrogen-bond donors (Lipinski definition) is 1. The number of nitrogens with zero attached hydrogens (tertiary/aromatic N) is 3. The lowest BCUT2D eigenvalue weighted by atomic mass is 9.74. The first-order valence-electron chi connectivity index (χ1n) is 12.3. The van der Waals surface area contributed by atoms with E-state index in [1.54, 1.807) is 19.0 Å². The van der Waals surface area contributed by atoms with E-state index in [1.165, 1.54) is 0 Å². The van der Waals surface area contributed by atoms with Gasteiger partial charge in [-0.1, -0.05) is 36.4 Å². The molecule has 1 amide bonds. The highest BCUT2D eigenvalue weighted by molar-refractivity contribution is 5.94. The van der Waals surface area contributed by atoms with Crippen LogP contribution in [0.5, 0.6) is 0 Å². The van der Waals surface area contributed by atoms with Crippen molar-refractivity contribution in [3.63, 3.8) is 0 Å². The molecule has 0 saturated carbocycles. The predicted octanol–water partition coefficient (Wildman–Crippen LogP) is 4.23. The lowest BCUT2D eigenvalue weighted by Crippen LogP contribution is -2.67. The van der Waals surface area contributed by atoms with Crippen LogP contribution in [-0.2, 0) is 0 Å². The molecule has 5 nitrogen and oxygen atoms in total. The van der Waals surface area contributed by atoms with E-state index in [-0.39, 0.29) is 37.1 Å². The van der Waals surface area contributed by atoms with Gasteiger partial charge in [-0.2, -0.15) is 13.2 Å². The Morgan fingerprint density at radius 3 is 2.17 bits per heavy atom. The molecule has 2 fully saturated rings. The maximum Gasteiger partial charge on any atom is 0.390 e. The minimum absolute atomic E-state index is 0.00949. The summed E-state index contributed by atoms with van der Waals surface area (Å²) in [5.74, 6) is 0.0422. The second-order valence-corrected chi connectivity index (χ2v) is 9.85. The molecule has 2 aliphatic rings. The molecule has 190 valence electrons. The molecule has 0 spiro atoms. The molecule has 4 rings (SSSR count). The first-order chi connectivity index (χ1) is 16.7. The summed E-state index contributed by atoms with van der Waals surface area (Å²) in [6.45, 7) is 2.20. The van der Waals surface area contributed by atoms with Crippen molar-refractivity contribution in [1.82, 2.24) is 14.7 Å². The van der Waals surface area contributed by atoms with Crippen LogP contribution in [0.3, 0.4) is 0 Å². The molecular formula is C27H34F3N3O2. The molecule has 35 heavy (non-hydrogen) atoms. The number of hydrogen-bond acceptors (Lipinski definition) is 4. The molecule has 2 aromatic carbocycles. The fourth-order valence-electron chi connectivity index (χ4n) is 5.46. The van der Waals surface area contributed by atoms with E-state index in [0.29, 0.717) is 18.7 Å². The van der Waals surface area contributed by atoms with Crippen molar-refractivity contribution in [3.05, 3.63) is 59.7 Å². The zero-order valence-electron chi connectivity index (χ0n) is 20.3. The lowest BCUT2D eigenvalue weighted by Gasteiger charge is -2.57. The van der Waals surface area contributed by atoms with Crippen molar-refractivity contribution in [1.29, 1.82) is 0 Å². The quantitative estimate of drug-likeness (QED) is 0.660. The number of amides is 1. The minimum atomic E-state index is -4.15. The SMILES string of the molecule is CN(C)C(=O)c1ccc(-c2ccc([C@@H]3[C@@H](CO)N4CCCCN(CCC(F)(F)F)C[C@H]34)cc2)cc1. The summed E-state index contributed by atoms with van der Waals surface area (Å²) < 4.78 is 38.5. The number of aliphatic hydroxyl groups is 1. The molecule has 2 saturated heterocycles. The number of carbonyl (C=O) groups is 1. The fourth-order valence-corrected chi connectivity index (χ4v) is 5.46. The molecule has 2 aliphatic heterocycles. The monoisotopic (exact) mass is 489 g/mol. The van der Waals surface area contributed by atoms with Crippen molar-refractivity contribution in [2.75, 3.05) is 46.9 Å². The molecule has 0 aliphatic carbocycles. The van der Waals surface area contributed by atoms with Crippen LogP contribution in [0.25, 0.3) is 11.1 Å².